The van der Waals surface area contributed by atoms with Crippen molar-refractivity contribution in [3.8, 4) is 11.8 Å². The molecule has 0 saturated heterocycles. The Morgan fingerprint density at radius 3 is 2.50 bits per heavy atom. The van der Waals surface area contributed by atoms with Gasteiger partial charge in [0.15, 0.2) is 0 Å². The first kappa shape index (κ1) is 10.7. The van der Waals surface area contributed by atoms with Crippen LogP contribution in [0.15, 0.2) is 18.2 Å². The average Bonchev–Trinajstić information content (AvgIpc) is 2.16. The van der Waals surface area contributed by atoms with Crippen molar-refractivity contribution in [2.24, 2.45) is 0 Å². The van der Waals surface area contributed by atoms with Gasteiger partial charge in [0.25, 0.3) is 0 Å². The van der Waals surface area contributed by atoms with Crippen LogP contribution in [0.25, 0.3) is 0 Å². The van der Waals surface area contributed by atoms with Crippen LogP contribution >= 0.6 is 0 Å². The first-order valence-electron chi connectivity index (χ1n) is 4.39. The van der Waals surface area contributed by atoms with Crippen molar-refractivity contribution in [3.05, 3.63) is 35.4 Å². The molecular weight excluding hydrogens is 184 g/mol. The van der Waals surface area contributed by atoms with Crippen LogP contribution in [0.1, 0.15) is 12.5 Å². The van der Waals surface area contributed by atoms with Crippen LogP contribution in [-0.2, 0) is 0 Å². The maximum Gasteiger partial charge on any atom is 0.141 e. The molecule has 0 aliphatic carbocycles. The quantitative estimate of drug-likeness (QED) is 0.561. The van der Waals surface area contributed by atoms with Gasteiger partial charge in [-0.15, -0.1) is 0 Å². The Hall–Kier alpha value is -1.40. The summed E-state index contributed by atoms with van der Waals surface area (Å²) in [4.78, 5) is 0. The van der Waals surface area contributed by atoms with Crippen LogP contribution in [-0.4, -0.2) is 13.1 Å². The van der Waals surface area contributed by atoms with Gasteiger partial charge in [-0.1, -0.05) is 24.8 Å². The Balaban J connectivity index is 2.78. The Morgan fingerprint density at radius 2 is 1.93 bits per heavy atom. The highest BCUT2D eigenvalue weighted by Crippen LogP contribution is 2.09. The molecule has 0 aliphatic rings. The van der Waals surface area contributed by atoms with E-state index in [1.165, 1.54) is 18.2 Å². The van der Waals surface area contributed by atoms with Gasteiger partial charge >= 0.3 is 0 Å². The fourth-order valence-corrected chi connectivity index (χ4v) is 0.937. The van der Waals surface area contributed by atoms with Crippen LogP contribution < -0.4 is 5.32 Å². The largest absolute Gasteiger partial charge is 0.306 e. The van der Waals surface area contributed by atoms with E-state index in [-0.39, 0.29) is 5.56 Å². The number of rotatable bonds is 2. The number of hydrogen-bond donors (Lipinski definition) is 1. The van der Waals surface area contributed by atoms with E-state index in [1.807, 2.05) is 6.92 Å². The molecule has 1 nitrogen and oxygen atoms in total. The summed E-state index contributed by atoms with van der Waals surface area (Å²) < 4.78 is 26.0. The molecule has 0 fully saturated rings. The number of nitrogens with one attached hydrogen (secondary N) is 1. The summed E-state index contributed by atoms with van der Waals surface area (Å²) in [6.07, 6.45) is 0. The van der Waals surface area contributed by atoms with Gasteiger partial charge in [-0.25, -0.2) is 8.78 Å². The van der Waals surface area contributed by atoms with Gasteiger partial charge in [-0.05, 0) is 18.7 Å². The molecule has 0 amide bonds. The van der Waals surface area contributed by atoms with E-state index in [0.29, 0.717) is 6.54 Å². The van der Waals surface area contributed by atoms with E-state index in [1.54, 1.807) is 0 Å². The van der Waals surface area contributed by atoms with Crippen LogP contribution in [0, 0.1) is 23.5 Å². The zero-order valence-corrected chi connectivity index (χ0v) is 7.90. The van der Waals surface area contributed by atoms with Crippen molar-refractivity contribution in [1.29, 1.82) is 0 Å². The minimum atomic E-state index is -0.617. The zero-order valence-electron chi connectivity index (χ0n) is 7.90. The lowest BCUT2D eigenvalue weighted by Crippen LogP contribution is -2.12. The van der Waals surface area contributed by atoms with Gasteiger partial charge < -0.3 is 5.32 Å². The van der Waals surface area contributed by atoms with Crippen LogP contribution in [0.4, 0.5) is 8.78 Å². The van der Waals surface area contributed by atoms with Gasteiger partial charge in [0, 0.05) is 0 Å². The van der Waals surface area contributed by atoms with E-state index in [4.69, 9.17) is 0 Å². The summed E-state index contributed by atoms with van der Waals surface area (Å²) in [6, 6.07) is 3.71. The molecule has 0 bridgehead atoms. The predicted octanol–water partition coefficient (Wildman–Crippen LogP) is 1.93. The highest BCUT2D eigenvalue weighted by Gasteiger charge is 2.03. The van der Waals surface area contributed by atoms with Crippen molar-refractivity contribution in [2.75, 3.05) is 13.1 Å². The van der Waals surface area contributed by atoms with E-state index >= 15 is 0 Å². The van der Waals surface area contributed by atoms with E-state index < -0.39 is 11.6 Å². The molecule has 0 heterocycles. The summed E-state index contributed by atoms with van der Waals surface area (Å²) in [5.74, 6) is 3.86. The third-order valence-electron chi connectivity index (χ3n) is 1.64. The lowest BCUT2D eigenvalue weighted by atomic mass is 10.2. The lowest BCUT2D eigenvalue weighted by molar-refractivity contribution is 0.577. The Labute approximate surface area is 82.1 Å². The van der Waals surface area contributed by atoms with Crippen LogP contribution in [0.2, 0.25) is 0 Å². The maximum absolute atomic E-state index is 13.0. The molecule has 0 aromatic heterocycles. The minimum Gasteiger partial charge on any atom is -0.306 e. The third kappa shape index (κ3) is 2.82. The third-order valence-corrected chi connectivity index (χ3v) is 1.64. The molecule has 3 heteroatoms. The Morgan fingerprint density at radius 1 is 1.29 bits per heavy atom. The number of benzene rings is 1. The molecule has 0 saturated carbocycles. The monoisotopic (exact) mass is 195 g/mol. The first-order valence-corrected chi connectivity index (χ1v) is 4.39. The first-order chi connectivity index (χ1) is 6.75. The molecule has 1 rings (SSSR count). The maximum atomic E-state index is 13.0. The molecule has 0 radical (unpaired) electrons. The van der Waals surface area contributed by atoms with E-state index in [9.17, 15) is 8.78 Å². The van der Waals surface area contributed by atoms with Gasteiger partial charge in [0.2, 0.25) is 0 Å². The molecule has 0 atom stereocenters. The molecule has 0 aliphatic heterocycles. The molecule has 14 heavy (non-hydrogen) atoms. The zero-order chi connectivity index (χ0) is 10.4. The van der Waals surface area contributed by atoms with E-state index in [0.717, 1.165) is 6.54 Å². The van der Waals surface area contributed by atoms with Crippen molar-refractivity contribution in [1.82, 2.24) is 5.32 Å². The van der Waals surface area contributed by atoms with E-state index in [2.05, 4.69) is 17.2 Å². The number of hydrogen-bond acceptors (Lipinski definition) is 1. The SMILES string of the molecule is CCNCC#Cc1c(F)cccc1F. The van der Waals surface area contributed by atoms with Crippen molar-refractivity contribution >= 4 is 0 Å². The molecule has 1 N–H and O–H groups in total. The van der Waals surface area contributed by atoms with Crippen molar-refractivity contribution in [2.45, 2.75) is 6.92 Å². The fraction of sp³-hybridized carbons (Fsp3) is 0.273. The molecular formula is C11H11F2N. The lowest BCUT2D eigenvalue weighted by Gasteiger charge is -1.95. The predicted molar refractivity (Wildman–Crippen MR) is 51.8 cm³/mol. The minimum absolute atomic E-state index is 0.162. The topological polar surface area (TPSA) is 12.0 Å². The summed E-state index contributed by atoms with van der Waals surface area (Å²) in [7, 11) is 0. The summed E-state index contributed by atoms with van der Waals surface area (Å²) in [6.45, 7) is 3.16. The molecule has 0 unspecified atom stereocenters. The second-order valence-electron chi connectivity index (χ2n) is 2.68. The highest BCUT2D eigenvalue weighted by atomic mass is 19.1. The van der Waals surface area contributed by atoms with Crippen molar-refractivity contribution in [3.63, 3.8) is 0 Å². The van der Waals surface area contributed by atoms with Crippen LogP contribution in [0.5, 0.6) is 0 Å². The smallest absolute Gasteiger partial charge is 0.141 e. The number of halogens is 2. The summed E-state index contributed by atoms with van der Waals surface area (Å²) >= 11 is 0. The van der Waals surface area contributed by atoms with Crippen LogP contribution in [0.3, 0.4) is 0 Å². The second kappa shape index (κ2) is 5.36. The van der Waals surface area contributed by atoms with Crippen molar-refractivity contribution < 1.29 is 8.78 Å². The standard InChI is InChI=1S/C11H11F2N/c1-2-14-8-4-5-9-10(12)6-3-7-11(9)13/h3,6-7,14H,2,8H2,1H3. The van der Waals surface area contributed by atoms with Gasteiger partial charge in [0.05, 0.1) is 12.1 Å². The molecule has 1 aromatic rings. The highest BCUT2D eigenvalue weighted by molar-refractivity contribution is 5.36. The van der Waals surface area contributed by atoms with Gasteiger partial charge in [-0.2, -0.15) is 0 Å². The fourth-order valence-electron chi connectivity index (χ4n) is 0.937. The van der Waals surface area contributed by atoms with Gasteiger partial charge in [0.1, 0.15) is 11.6 Å². The molecule has 0 spiro atoms. The normalized spacial score (nSPS) is 9.36. The average molecular weight is 195 g/mol. The summed E-state index contributed by atoms with van der Waals surface area (Å²) in [5.41, 5.74) is -0.162. The second-order valence-corrected chi connectivity index (χ2v) is 2.68. The molecule has 74 valence electrons. The summed E-state index contributed by atoms with van der Waals surface area (Å²) in [5, 5.41) is 2.94. The molecule has 1 aromatic carbocycles. The Bertz CT molecular complexity index is 343. The Kier molecular flexibility index (Phi) is 4.09. The van der Waals surface area contributed by atoms with Gasteiger partial charge in [-0.3, -0.25) is 0 Å².